The molecule has 0 radical (unpaired) electrons. The molecule has 0 bridgehead atoms. The van der Waals surface area contributed by atoms with Crippen LogP contribution in [0.25, 0.3) is 0 Å². The monoisotopic (exact) mass is 298 g/mol. The second-order valence-corrected chi connectivity index (χ2v) is 5.14. The average molecular weight is 299 g/mol. The Hall–Kier alpha value is -1.42. The Labute approximate surface area is 125 Å². The van der Waals surface area contributed by atoms with Crippen LogP contribution in [0.5, 0.6) is 5.75 Å². The largest absolute Gasteiger partial charge is 0.495 e. The first-order valence-corrected chi connectivity index (χ1v) is 7.26. The Morgan fingerprint density at radius 2 is 2.00 bits per heavy atom. The van der Waals surface area contributed by atoms with Crippen LogP contribution < -0.4 is 15.4 Å². The van der Waals surface area contributed by atoms with E-state index in [2.05, 4.69) is 24.5 Å². The summed E-state index contributed by atoms with van der Waals surface area (Å²) in [4.78, 5) is 11.9. The predicted octanol–water partition coefficient (Wildman–Crippen LogP) is 3.37. The summed E-state index contributed by atoms with van der Waals surface area (Å²) in [5.74, 6) is 0.615. The molecule has 0 fully saturated rings. The molecule has 0 unspecified atom stereocenters. The lowest BCUT2D eigenvalue weighted by Crippen LogP contribution is -2.37. The van der Waals surface area contributed by atoms with Crippen molar-refractivity contribution in [3.63, 3.8) is 0 Å². The Bertz CT molecular complexity index is 459. The van der Waals surface area contributed by atoms with Gasteiger partial charge in [0.1, 0.15) is 5.75 Å². The van der Waals surface area contributed by atoms with Crippen LogP contribution in [0.3, 0.4) is 0 Å². The molecule has 2 N–H and O–H groups in total. The van der Waals surface area contributed by atoms with Crippen molar-refractivity contribution in [3.8, 4) is 5.75 Å². The van der Waals surface area contributed by atoms with Crippen molar-refractivity contribution < 1.29 is 9.53 Å². The van der Waals surface area contributed by atoms with E-state index in [0.29, 0.717) is 10.8 Å². The molecular weight excluding hydrogens is 276 g/mol. The highest BCUT2D eigenvalue weighted by atomic mass is 35.5. The molecule has 0 aliphatic heterocycles. The fraction of sp³-hybridized carbons (Fsp3) is 0.533. The maximum Gasteiger partial charge on any atom is 0.239 e. The zero-order valence-corrected chi connectivity index (χ0v) is 13.3. The minimum atomic E-state index is -0.0200. The lowest BCUT2D eigenvalue weighted by Gasteiger charge is -2.16. The molecule has 1 aromatic rings. The van der Waals surface area contributed by atoms with Crippen molar-refractivity contribution in [2.24, 2.45) is 0 Å². The SMILES string of the molecule is CCC(CC)NC(=O)CNc1cc(C)c(Cl)cc1OC. The van der Waals surface area contributed by atoms with E-state index in [1.807, 2.05) is 13.0 Å². The van der Waals surface area contributed by atoms with E-state index in [1.165, 1.54) is 0 Å². The molecule has 0 aliphatic carbocycles. The summed E-state index contributed by atoms with van der Waals surface area (Å²) in [6.07, 6.45) is 1.87. The molecule has 20 heavy (non-hydrogen) atoms. The molecular formula is C15H23ClN2O2. The zero-order valence-electron chi connectivity index (χ0n) is 12.5. The molecule has 0 aromatic heterocycles. The van der Waals surface area contributed by atoms with Crippen LogP contribution in [0.15, 0.2) is 12.1 Å². The summed E-state index contributed by atoms with van der Waals surface area (Å²) in [5, 5.41) is 6.72. The summed E-state index contributed by atoms with van der Waals surface area (Å²) < 4.78 is 5.26. The lowest BCUT2D eigenvalue weighted by molar-refractivity contribution is -0.120. The van der Waals surface area contributed by atoms with E-state index in [1.54, 1.807) is 13.2 Å². The number of hydrogen-bond acceptors (Lipinski definition) is 3. The van der Waals surface area contributed by atoms with E-state index < -0.39 is 0 Å². The number of halogens is 1. The smallest absolute Gasteiger partial charge is 0.239 e. The van der Waals surface area contributed by atoms with Gasteiger partial charge in [-0.15, -0.1) is 0 Å². The number of benzene rings is 1. The molecule has 0 heterocycles. The van der Waals surface area contributed by atoms with Crippen LogP contribution in [0.4, 0.5) is 5.69 Å². The van der Waals surface area contributed by atoms with Gasteiger partial charge in [0.2, 0.25) is 5.91 Å². The molecule has 0 aliphatic rings. The Balaban J connectivity index is 2.65. The Morgan fingerprint density at radius 3 is 2.55 bits per heavy atom. The van der Waals surface area contributed by atoms with Crippen LogP contribution in [-0.4, -0.2) is 25.6 Å². The number of nitrogens with one attached hydrogen (secondary N) is 2. The van der Waals surface area contributed by atoms with Gasteiger partial charge < -0.3 is 15.4 Å². The Kier molecular flexibility index (Phi) is 6.65. The summed E-state index contributed by atoms with van der Waals surface area (Å²) in [6.45, 7) is 6.26. The number of aryl methyl sites for hydroxylation is 1. The summed E-state index contributed by atoms with van der Waals surface area (Å²) in [7, 11) is 1.58. The fourth-order valence-electron chi connectivity index (χ4n) is 1.92. The third-order valence-electron chi connectivity index (χ3n) is 3.27. The molecule has 5 heteroatoms. The van der Waals surface area contributed by atoms with Gasteiger partial charge in [0.05, 0.1) is 19.3 Å². The highest BCUT2D eigenvalue weighted by molar-refractivity contribution is 6.31. The second-order valence-electron chi connectivity index (χ2n) is 4.74. The summed E-state index contributed by atoms with van der Waals surface area (Å²) >= 11 is 6.05. The van der Waals surface area contributed by atoms with Crippen molar-refractivity contribution >= 4 is 23.2 Å². The maximum absolute atomic E-state index is 11.9. The summed E-state index contributed by atoms with van der Waals surface area (Å²) in [5.41, 5.74) is 1.71. The van der Waals surface area contributed by atoms with Gasteiger partial charge in [-0.2, -0.15) is 0 Å². The van der Waals surface area contributed by atoms with Gasteiger partial charge in [-0.3, -0.25) is 4.79 Å². The van der Waals surface area contributed by atoms with Crippen molar-refractivity contribution in [2.45, 2.75) is 39.7 Å². The van der Waals surface area contributed by atoms with Crippen LogP contribution in [0.2, 0.25) is 5.02 Å². The molecule has 4 nitrogen and oxygen atoms in total. The molecule has 0 atom stereocenters. The summed E-state index contributed by atoms with van der Waals surface area (Å²) in [6, 6.07) is 3.86. The third-order valence-corrected chi connectivity index (χ3v) is 3.68. The van der Waals surface area contributed by atoms with Crippen molar-refractivity contribution in [3.05, 3.63) is 22.7 Å². The van der Waals surface area contributed by atoms with Crippen LogP contribution in [-0.2, 0) is 4.79 Å². The quantitative estimate of drug-likeness (QED) is 0.811. The van der Waals surface area contributed by atoms with E-state index >= 15 is 0 Å². The standard InChI is InChI=1S/C15H23ClN2O2/c1-5-11(6-2)18-15(19)9-17-13-7-10(3)12(16)8-14(13)20-4/h7-8,11,17H,5-6,9H2,1-4H3,(H,18,19). The fourth-order valence-corrected chi connectivity index (χ4v) is 2.07. The minimum absolute atomic E-state index is 0.0200. The van der Waals surface area contributed by atoms with Gasteiger partial charge in [-0.25, -0.2) is 0 Å². The molecule has 1 rings (SSSR count). The molecule has 0 spiro atoms. The number of amides is 1. The van der Waals surface area contributed by atoms with E-state index in [9.17, 15) is 4.79 Å². The number of ether oxygens (including phenoxy) is 1. The molecule has 0 saturated heterocycles. The maximum atomic E-state index is 11.9. The molecule has 1 amide bonds. The van der Waals surface area contributed by atoms with Gasteiger partial charge in [-0.1, -0.05) is 25.4 Å². The van der Waals surface area contributed by atoms with Crippen LogP contribution >= 0.6 is 11.6 Å². The first-order valence-electron chi connectivity index (χ1n) is 6.89. The number of anilines is 1. The number of hydrogen-bond donors (Lipinski definition) is 2. The van der Waals surface area contributed by atoms with E-state index in [-0.39, 0.29) is 18.5 Å². The highest BCUT2D eigenvalue weighted by Crippen LogP contribution is 2.30. The molecule has 1 aromatic carbocycles. The van der Waals surface area contributed by atoms with Crippen molar-refractivity contribution in [2.75, 3.05) is 19.0 Å². The van der Waals surface area contributed by atoms with Gasteiger partial charge in [0, 0.05) is 17.1 Å². The highest BCUT2D eigenvalue weighted by Gasteiger charge is 2.10. The topological polar surface area (TPSA) is 50.4 Å². The van der Waals surface area contributed by atoms with Gasteiger partial charge >= 0.3 is 0 Å². The minimum Gasteiger partial charge on any atom is -0.495 e. The number of rotatable bonds is 7. The number of methoxy groups -OCH3 is 1. The predicted molar refractivity (Wildman–Crippen MR) is 83.7 cm³/mol. The van der Waals surface area contributed by atoms with Gasteiger partial charge in [0.25, 0.3) is 0 Å². The number of carbonyl (C=O) groups is 1. The van der Waals surface area contributed by atoms with Crippen LogP contribution in [0.1, 0.15) is 32.3 Å². The van der Waals surface area contributed by atoms with E-state index in [4.69, 9.17) is 16.3 Å². The van der Waals surface area contributed by atoms with Gasteiger partial charge in [0.15, 0.2) is 0 Å². The average Bonchev–Trinajstić information content (AvgIpc) is 2.45. The first-order chi connectivity index (χ1) is 9.51. The van der Waals surface area contributed by atoms with Crippen LogP contribution in [0, 0.1) is 6.92 Å². The van der Waals surface area contributed by atoms with Gasteiger partial charge in [-0.05, 0) is 31.4 Å². The molecule has 112 valence electrons. The normalized spacial score (nSPS) is 10.5. The molecule has 0 saturated carbocycles. The lowest BCUT2D eigenvalue weighted by atomic mass is 10.2. The van der Waals surface area contributed by atoms with Crippen molar-refractivity contribution in [1.29, 1.82) is 0 Å². The first kappa shape index (κ1) is 16.6. The third kappa shape index (κ3) is 4.60. The van der Waals surface area contributed by atoms with Crippen molar-refractivity contribution in [1.82, 2.24) is 5.32 Å². The number of carbonyl (C=O) groups excluding carboxylic acids is 1. The second kappa shape index (κ2) is 8.00. The zero-order chi connectivity index (χ0) is 15.1. The van der Waals surface area contributed by atoms with E-state index in [0.717, 1.165) is 24.1 Å². The Morgan fingerprint density at radius 1 is 1.35 bits per heavy atom.